The van der Waals surface area contributed by atoms with Crippen molar-refractivity contribution >= 4 is 17.7 Å². The molecule has 0 bridgehead atoms. The molecule has 0 atom stereocenters. The van der Waals surface area contributed by atoms with Crippen LogP contribution < -0.4 is 5.32 Å². The summed E-state index contributed by atoms with van der Waals surface area (Å²) in [7, 11) is 0. The quantitative estimate of drug-likeness (QED) is 0.854. The van der Waals surface area contributed by atoms with Crippen LogP contribution >= 0.6 is 11.8 Å². The molecular weight excluding hydrogens is 291 g/mol. The number of carbonyl (C=O) groups excluding carboxylic acids is 1. The van der Waals surface area contributed by atoms with E-state index in [9.17, 15) is 18.0 Å². The van der Waals surface area contributed by atoms with Crippen LogP contribution in [0.25, 0.3) is 0 Å². The summed E-state index contributed by atoms with van der Waals surface area (Å²) >= 11 is -0.302. The molecule has 1 amide bonds. The maximum atomic E-state index is 12.4. The van der Waals surface area contributed by atoms with Crippen molar-refractivity contribution in [1.82, 2.24) is 15.5 Å². The number of aromatic nitrogens is 2. The molecule has 4 nitrogen and oxygen atoms in total. The second-order valence-corrected chi connectivity index (χ2v) is 4.92. The van der Waals surface area contributed by atoms with E-state index in [1.165, 1.54) is 30.5 Å². The number of halogens is 3. The van der Waals surface area contributed by atoms with E-state index in [0.717, 1.165) is 0 Å². The van der Waals surface area contributed by atoms with Crippen molar-refractivity contribution in [2.45, 2.75) is 16.9 Å². The Morgan fingerprint density at radius 1 is 1.30 bits per heavy atom. The molecule has 0 saturated heterocycles. The van der Waals surface area contributed by atoms with Crippen LogP contribution in [-0.2, 0) is 6.54 Å². The first-order chi connectivity index (χ1) is 9.46. The van der Waals surface area contributed by atoms with Crippen molar-refractivity contribution in [3.63, 3.8) is 0 Å². The number of alkyl halides is 3. The van der Waals surface area contributed by atoms with Gasteiger partial charge in [-0.1, -0.05) is 12.1 Å². The fraction of sp³-hybridized carbons (Fsp3) is 0.167. The van der Waals surface area contributed by atoms with Gasteiger partial charge in [0.15, 0.2) is 0 Å². The van der Waals surface area contributed by atoms with Crippen LogP contribution in [0.1, 0.15) is 16.1 Å². The van der Waals surface area contributed by atoms with E-state index in [1.54, 1.807) is 6.07 Å². The molecule has 2 rings (SSSR count). The molecule has 1 aromatic heterocycles. The van der Waals surface area contributed by atoms with Gasteiger partial charge in [-0.25, -0.2) is 0 Å². The van der Waals surface area contributed by atoms with E-state index in [-0.39, 0.29) is 28.8 Å². The Kier molecular flexibility index (Phi) is 4.33. The van der Waals surface area contributed by atoms with Crippen LogP contribution in [0.5, 0.6) is 0 Å². The van der Waals surface area contributed by atoms with Gasteiger partial charge in [-0.05, 0) is 30.0 Å². The SMILES string of the molecule is O=C(NCc1ccn[nH]1)c1ccccc1SC(F)(F)F. The zero-order valence-corrected chi connectivity index (χ0v) is 10.9. The minimum absolute atomic E-state index is 0.00524. The summed E-state index contributed by atoms with van der Waals surface area (Å²) in [6, 6.07) is 7.27. The van der Waals surface area contributed by atoms with E-state index in [1.807, 2.05) is 0 Å². The van der Waals surface area contributed by atoms with Gasteiger partial charge in [-0.3, -0.25) is 9.89 Å². The van der Waals surface area contributed by atoms with Crippen molar-refractivity contribution in [3.05, 3.63) is 47.8 Å². The van der Waals surface area contributed by atoms with Gasteiger partial charge in [0, 0.05) is 11.1 Å². The minimum Gasteiger partial charge on any atom is -0.346 e. The summed E-state index contributed by atoms with van der Waals surface area (Å²) in [5, 5.41) is 8.89. The Bertz CT molecular complexity index is 584. The Balaban J connectivity index is 2.09. The summed E-state index contributed by atoms with van der Waals surface area (Å²) < 4.78 is 37.2. The third-order valence-electron chi connectivity index (χ3n) is 2.36. The lowest BCUT2D eigenvalue weighted by Gasteiger charge is -2.10. The van der Waals surface area contributed by atoms with Gasteiger partial charge in [0.1, 0.15) is 0 Å². The van der Waals surface area contributed by atoms with Gasteiger partial charge in [0.25, 0.3) is 5.91 Å². The first-order valence-corrected chi connectivity index (χ1v) is 6.38. The molecule has 0 aliphatic carbocycles. The van der Waals surface area contributed by atoms with E-state index in [4.69, 9.17) is 0 Å². The average molecular weight is 301 g/mol. The van der Waals surface area contributed by atoms with Gasteiger partial charge in [-0.2, -0.15) is 18.3 Å². The van der Waals surface area contributed by atoms with Crippen LogP contribution in [0, 0.1) is 0 Å². The topological polar surface area (TPSA) is 57.8 Å². The minimum atomic E-state index is -4.43. The lowest BCUT2D eigenvalue weighted by atomic mass is 10.2. The summed E-state index contributed by atoms with van der Waals surface area (Å²) in [6.45, 7) is 0.170. The second-order valence-electron chi connectivity index (χ2n) is 3.81. The first kappa shape index (κ1) is 14.4. The summed E-state index contributed by atoms with van der Waals surface area (Å²) in [6.07, 6.45) is 1.52. The lowest BCUT2D eigenvalue weighted by Crippen LogP contribution is -2.23. The second kappa shape index (κ2) is 6.00. The monoisotopic (exact) mass is 301 g/mol. The smallest absolute Gasteiger partial charge is 0.346 e. The number of hydrogen-bond donors (Lipinski definition) is 2. The number of nitrogens with zero attached hydrogens (tertiary/aromatic N) is 1. The Hall–Kier alpha value is -1.96. The number of hydrogen-bond acceptors (Lipinski definition) is 3. The Labute approximate surface area is 116 Å². The molecule has 0 saturated carbocycles. The molecule has 0 unspecified atom stereocenters. The third kappa shape index (κ3) is 4.02. The van der Waals surface area contributed by atoms with Gasteiger partial charge in [0.2, 0.25) is 0 Å². The number of nitrogens with one attached hydrogen (secondary N) is 2. The number of carbonyl (C=O) groups is 1. The lowest BCUT2D eigenvalue weighted by molar-refractivity contribution is -0.0328. The predicted octanol–water partition coefficient (Wildman–Crippen LogP) is 2.95. The number of thioether (sulfide) groups is 1. The summed E-state index contributed by atoms with van der Waals surface area (Å²) in [4.78, 5) is 11.8. The number of aromatic amines is 1. The maximum Gasteiger partial charge on any atom is 0.446 e. The number of H-pyrrole nitrogens is 1. The Morgan fingerprint density at radius 2 is 2.05 bits per heavy atom. The van der Waals surface area contributed by atoms with E-state index in [2.05, 4.69) is 15.5 Å². The van der Waals surface area contributed by atoms with Crippen LogP contribution in [0.2, 0.25) is 0 Å². The van der Waals surface area contributed by atoms with Crippen LogP contribution in [0.15, 0.2) is 41.4 Å². The zero-order valence-electron chi connectivity index (χ0n) is 10.1. The molecule has 0 fully saturated rings. The maximum absolute atomic E-state index is 12.4. The van der Waals surface area contributed by atoms with Crippen LogP contribution in [-0.4, -0.2) is 21.6 Å². The van der Waals surface area contributed by atoms with Crippen molar-refractivity contribution in [1.29, 1.82) is 0 Å². The normalized spacial score (nSPS) is 11.3. The third-order valence-corrected chi connectivity index (χ3v) is 3.16. The molecule has 20 heavy (non-hydrogen) atoms. The van der Waals surface area contributed by atoms with Gasteiger partial charge in [0.05, 0.1) is 17.8 Å². The molecule has 0 radical (unpaired) electrons. The van der Waals surface area contributed by atoms with Gasteiger partial charge in [-0.15, -0.1) is 0 Å². The molecule has 1 heterocycles. The molecule has 1 aromatic carbocycles. The first-order valence-electron chi connectivity index (χ1n) is 5.57. The molecule has 2 N–H and O–H groups in total. The summed E-state index contributed by atoms with van der Waals surface area (Å²) in [5.41, 5.74) is -3.77. The highest BCUT2D eigenvalue weighted by Crippen LogP contribution is 2.38. The molecule has 106 valence electrons. The number of amides is 1. The largest absolute Gasteiger partial charge is 0.446 e. The Morgan fingerprint density at radius 3 is 2.70 bits per heavy atom. The zero-order chi connectivity index (χ0) is 14.6. The van der Waals surface area contributed by atoms with Crippen LogP contribution in [0.3, 0.4) is 0 Å². The summed E-state index contributed by atoms with van der Waals surface area (Å²) in [5.74, 6) is -0.563. The highest BCUT2D eigenvalue weighted by atomic mass is 32.2. The highest BCUT2D eigenvalue weighted by molar-refractivity contribution is 8.00. The average Bonchev–Trinajstić information content (AvgIpc) is 2.88. The standard InChI is InChI=1S/C12H10F3N3OS/c13-12(14,15)20-10-4-2-1-3-9(10)11(19)16-7-8-5-6-17-18-8/h1-6H,7H2,(H,16,19)(H,17,18). The molecule has 8 heteroatoms. The number of rotatable bonds is 4. The van der Waals surface area contributed by atoms with Crippen LogP contribution in [0.4, 0.5) is 13.2 Å². The van der Waals surface area contributed by atoms with Crippen molar-refractivity contribution in [2.75, 3.05) is 0 Å². The molecule has 0 spiro atoms. The predicted molar refractivity (Wildman–Crippen MR) is 68.1 cm³/mol. The number of benzene rings is 1. The highest BCUT2D eigenvalue weighted by Gasteiger charge is 2.31. The van der Waals surface area contributed by atoms with E-state index >= 15 is 0 Å². The molecule has 2 aromatic rings. The van der Waals surface area contributed by atoms with E-state index < -0.39 is 11.4 Å². The molecule has 0 aliphatic heterocycles. The van der Waals surface area contributed by atoms with Crippen molar-refractivity contribution in [2.24, 2.45) is 0 Å². The van der Waals surface area contributed by atoms with Gasteiger partial charge >= 0.3 is 5.51 Å². The fourth-order valence-electron chi connectivity index (χ4n) is 1.52. The molecule has 0 aliphatic rings. The van der Waals surface area contributed by atoms with E-state index in [0.29, 0.717) is 5.69 Å². The fourth-order valence-corrected chi connectivity index (χ4v) is 2.19. The van der Waals surface area contributed by atoms with Crippen molar-refractivity contribution in [3.8, 4) is 0 Å². The molecular formula is C12H10F3N3OS. The van der Waals surface area contributed by atoms with Gasteiger partial charge < -0.3 is 5.32 Å². The van der Waals surface area contributed by atoms with Crippen molar-refractivity contribution < 1.29 is 18.0 Å².